The molecule has 1 aromatic heterocycles. The van der Waals surface area contributed by atoms with Crippen LogP contribution in [-0.4, -0.2) is 42.9 Å². The average Bonchev–Trinajstić information content (AvgIpc) is 2.60. The van der Waals surface area contributed by atoms with Crippen molar-refractivity contribution in [2.75, 3.05) is 31.7 Å². The smallest absolute Gasteiger partial charge is 0.256 e. The topological polar surface area (TPSA) is 69.7 Å². The van der Waals surface area contributed by atoms with Crippen LogP contribution in [0.2, 0.25) is 0 Å². The summed E-state index contributed by atoms with van der Waals surface area (Å²) in [7, 11) is 0. The molecule has 0 saturated carbocycles. The fourth-order valence-corrected chi connectivity index (χ4v) is 2.43. The largest absolute Gasteiger partial charge is 0.475 e. The van der Waals surface area contributed by atoms with E-state index in [1.165, 1.54) is 0 Å². The molecular formula is C19H32N2O4. The zero-order chi connectivity index (χ0) is 18.5. The Balaban J connectivity index is 2.58. The van der Waals surface area contributed by atoms with Gasteiger partial charge < -0.3 is 19.5 Å². The van der Waals surface area contributed by atoms with E-state index in [0.29, 0.717) is 44.4 Å². The molecule has 25 heavy (non-hydrogen) atoms. The van der Waals surface area contributed by atoms with E-state index in [0.717, 1.165) is 19.3 Å². The molecule has 1 amide bonds. The average molecular weight is 352 g/mol. The number of carbonyl (C=O) groups is 1. The molecule has 0 bridgehead atoms. The van der Waals surface area contributed by atoms with Gasteiger partial charge >= 0.3 is 0 Å². The van der Waals surface area contributed by atoms with Gasteiger partial charge in [0.25, 0.3) is 5.91 Å². The van der Waals surface area contributed by atoms with Crippen molar-refractivity contribution in [2.45, 2.75) is 59.0 Å². The Hall–Kier alpha value is -1.66. The van der Waals surface area contributed by atoms with Gasteiger partial charge in [0.1, 0.15) is 12.2 Å². The first-order chi connectivity index (χ1) is 12.1. The number of anilines is 1. The third-order valence-corrected chi connectivity index (χ3v) is 3.88. The Morgan fingerprint density at radius 2 is 1.96 bits per heavy atom. The fraction of sp³-hybridized carbons (Fsp3) is 0.684. The molecule has 1 N–H and O–H groups in total. The van der Waals surface area contributed by atoms with Gasteiger partial charge in [-0.25, -0.2) is 4.98 Å². The predicted molar refractivity (Wildman–Crippen MR) is 99.0 cm³/mol. The van der Waals surface area contributed by atoms with E-state index >= 15 is 0 Å². The van der Waals surface area contributed by atoms with E-state index in [1.807, 2.05) is 20.8 Å². The van der Waals surface area contributed by atoms with Crippen LogP contribution in [0.3, 0.4) is 0 Å². The van der Waals surface area contributed by atoms with Crippen molar-refractivity contribution in [1.82, 2.24) is 4.98 Å². The van der Waals surface area contributed by atoms with E-state index in [-0.39, 0.29) is 5.91 Å². The summed E-state index contributed by atoms with van der Waals surface area (Å²) in [6.07, 6.45) is 5.45. The molecule has 142 valence electrons. The van der Waals surface area contributed by atoms with Crippen molar-refractivity contribution in [3.05, 3.63) is 18.3 Å². The summed E-state index contributed by atoms with van der Waals surface area (Å²) in [5.41, 5.74) is -0.195. The monoisotopic (exact) mass is 352 g/mol. The SMILES string of the molecule is CCCCC[C@](C)(OCC)C(=O)Nc1ccc(OCCOCC)nc1. The van der Waals surface area contributed by atoms with Crippen LogP contribution in [0.4, 0.5) is 5.69 Å². The Labute approximate surface area is 151 Å². The van der Waals surface area contributed by atoms with Gasteiger partial charge in [0.2, 0.25) is 5.88 Å². The first-order valence-electron chi connectivity index (χ1n) is 9.17. The van der Waals surface area contributed by atoms with Crippen LogP contribution in [0.15, 0.2) is 18.3 Å². The molecular weight excluding hydrogens is 320 g/mol. The Morgan fingerprint density at radius 1 is 1.16 bits per heavy atom. The number of hydrogen-bond donors (Lipinski definition) is 1. The molecule has 0 aliphatic rings. The van der Waals surface area contributed by atoms with Crippen molar-refractivity contribution < 1.29 is 19.0 Å². The van der Waals surface area contributed by atoms with Crippen LogP contribution in [0.25, 0.3) is 0 Å². The molecule has 0 radical (unpaired) electrons. The quantitative estimate of drug-likeness (QED) is 0.547. The van der Waals surface area contributed by atoms with E-state index in [4.69, 9.17) is 14.2 Å². The molecule has 6 heteroatoms. The van der Waals surface area contributed by atoms with Gasteiger partial charge in [-0.15, -0.1) is 0 Å². The molecule has 0 fully saturated rings. The van der Waals surface area contributed by atoms with Gasteiger partial charge in [-0.1, -0.05) is 26.2 Å². The van der Waals surface area contributed by atoms with Crippen LogP contribution in [0, 0.1) is 0 Å². The normalized spacial score (nSPS) is 13.3. The number of pyridine rings is 1. The van der Waals surface area contributed by atoms with Gasteiger partial charge in [0.05, 0.1) is 18.5 Å². The second-order valence-corrected chi connectivity index (χ2v) is 6.01. The number of rotatable bonds is 13. The maximum atomic E-state index is 12.6. The van der Waals surface area contributed by atoms with Gasteiger partial charge in [-0.2, -0.15) is 0 Å². The molecule has 0 spiro atoms. The summed E-state index contributed by atoms with van der Waals surface area (Å²) in [5, 5.41) is 2.89. The summed E-state index contributed by atoms with van der Waals surface area (Å²) < 4.78 is 16.4. The number of nitrogens with zero attached hydrogens (tertiary/aromatic N) is 1. The van der Waals surface area contributed by atoms with Crippen LogP contribution >= 0.6 is 0 Å². The molecule has 0 aliphatic carbocycles. The maximum absolute atomic E-state index is 12.6. The molecule has 1 heterocycles. The Kier molecular flexibility index (Phi) is 10.1. The van der Waals surface area contributed by atoms with Crippen molar-refractivity contribution >= 4 is 11.6 Å². The Morgan fingerprint density at radius 3 is 2.56 bits per heavy atom. The van der Waals surface area contributed by atoms with Gasteiger partial charge in [0, 0.05) is 19.3 Å². The number of aromatic nitrogens is 1. The number of amides is 1. The van der Waals surface area contributed by atoms with Gasteiger partial charge in [-0.05, 0) is 33.3 Å². The molecule has 1 atom stereocenters. The summed E-state index contributed by atoms with van der Waals surface area (Å²) in [5.74, 6) is 0.366. The predicted octanol–water partition coefficient (Wildman–Crippen LogP) is 3.81. The van der Waals surface area contributed by atoms with Crippen LogP contribution in [0.1, 0.15) is 53.4 Å². The summed E-state index contributed by atoms with van der Waals surface area (Å²) in [6.45, 7) is 9.98. The standard InChI is InChI=1S/C19H32N2O4/c1-5-8-9-12-19(4,25-7-3)18(22)21-16-10-11-17(20-15-16)24-14-13-23-6-2/h10-11,15H,5-9,12-14H2,1-4H3,(H,21,22)/t19-/m0/s1. The molecule has 1 aromatic rings. The Bertz CT molecular complexity index is 493. The lowest BCUT2D eigenvalue weighted by Crippen LogP contribution is -2.42. The second kappa shape index (κ2) is 11.8. The minimum Gasteiger partial charge on any atom is -0.475 e. The molecule has 6 nitrogen and oxygen atoms in total. The van der Waals surface area contributed by atoms with Crippen molar-refractivity contribution in [3.63, 3.8) is 0 Å². The highest BCUT2D eigenvalue weighted by molar-refractivity contribution is 5.96. The second-order valence-electron chi connectivity index (χ2n) is 6.01. The maximum Gasteiger partial charge on any atom is 0.256 e. The van der Waals surface area contributed by atoms with Crippen molar-refractivity contribution in [1.29, 1.82) is 0 Å². The lowest BCUT2D eigenvalue weighted by Gasteiger charge is -2.28. The highest BCUT2D eigenvalue weighted by Crippen LogP contribution is 2.22. The van der Waals surface area contributed by atoms with Crippen LogP contribution in [0.5, 0.6) is 5.88 Å². The minimum absolute atomic E-state index is 0.141. The van der Waals surface area contributed by atoms with E-state index < -0.39 is 5.60 Å². The van der Waals surface area contributed by atoms with Crippen molar-refractivity contribution in [3.8, 4) is 5.88 Å². The van der Waals surface area contributed by atoms with Gasteiger partial charge in [-0.3, -0.25) is 4.79 Å². The fourth-order valence-electron chi connectivity index (χ4n) is 2.43. The van der Waals surface area contributed by atoms with Crippen LogP contribution in [-0.2, 0) is 14.3 Å². The lowest BCUT2D eigenvalue weighted by molar-refractivity contribution is -0.139. The summed E-state index contributed by atoms with van der Waals surface area (Å²) in [4.78, 5) is 16.8. The molecule has 0 unspecified atom stereocenters. The van der Waals surface area contributed by atoms with E-state index in [1.54, 1.807) is 18.3 Å². The highest BCUT2D eigenvalue weighted by Gasteiger charge is 2.33. The zero-order valence-electron chi connectivity index (χ0n) is 16.0. The lowest BCUT2D eigenvalue weighted by atomic mass is 9.96. The molecule has 1 rings (SSSR count). The number of carbonyl (C=O) groups excluding carboxylic acids is 1. The van der Waals surface area contributed by atoms with Crippen LogP contribution < -0.4 is 10.1 Å². The molecule has 0 aromatic carbocycles. The van der Waals surface area contributed by atoms with E-state index in [2.05, 4.69) is 17.2 Å². The molecule has 0 aliphatic heterocycles. The third kappa shape index (κ3) is 7.84. The minimum atomic E-state index is -0.823. The molecule has 0 saturated heterocycles. The first kappa shape index (κ1) is 21.4. The highest BCUT2D eigenvalue weighted by atomic mass is 16.5. The number of unbranched alkanes of at least 4 members (excludes halogenated alkanes) is 2. The number of nitrogens with one attached hydrogen (secondary N) is 1. The van der Waals surface area contributed by atoms with Crippen molar-refractivity contribution in [2.24, 2.45) is 0 Å². The number of hydrogen-bond acceptors (Lipinski definition) is 5. The first-order valence-corrected chi connectivity index (χ1v) is 9.17. The zero-order valence-corrected chi connectivity index (χ0v) is 16.0. The van der Waals surface area contributed by atoms with Gasteiger partial charge in [0.15, 0.2) is 0 Å². The van der Waals surface area contributed by atoms with E-state index in [9.17, 15) is 4.79 Å². The third-order valence-electron chi connectivity index (χ3n) is 3.88. The number of ether oxygens (including phenoxy) is 3. The summed E-state index contributed by atoms with van der Waals surface area (Å²) >= 11 is 0. The summed E-state index contributed by atoms with van der Waals surface area (Å²) in [6, 6.07) is 3.51.